The molecule has 1 aromatic carbocycles. The fourth-order valence-corrected chi connectivity index (χ4v) is 5.14. The van der Waals surface area contributed by atoms with Crippen molar-refractivity contribution in [1.29, 1.82) is 0 Å². The molecule has 1 saturated carbocycles. The number of allylic oxidation sites excluding steroid dienone is 1. The van der Waals surface area contributed by atoms with Gasteiger partial charge in [0, 0.05) is 13.2 Å². The van der Waals surface area contributed by atoms with Gasteiger partial charge in [-0.3, -0.25) is 0 Å². The first kappa shape index (κ1) is 23.0. The molecule has 1 spiro atoms. The van der Waals surface area contributed by atoms with E-state index in [1.54, 1.807) is 20.3 Å². The van der Waals surface area contributed by atoms with E-state index < -0.39 is 0 Å². The van der Waals surface area contributed by atoms with E-state index in [4.69, 9.17) is 23.7 Å². The summed E-state index contributed by atoms with van der Waals surface area (Å²) in [6, 6.07) is 7.50. The Bertz CT molecular complexity index is 880. The van der Waals surface area contributed by atoms with Crippen molar-refractivity contribution in [2.24, 2.45) is 5.92 Å². The van der Waals surface area contributed by atoms with Gasteiger partial charge >= 0.3 is 5.97 Å². The molecule has 6 heteroatoms. The number of carbonyl (C=O) groups is 1. The average molecular weight is 443 g/mol. The zero-order valence-electron chi connectivity index (χ0n) is 19.6. The maximum absolute atomic E-state index is 12.6. The number of methoxy groups -OCH3 is 2. The Balaban J connectivity index is 1.43. The van der Waals surface area contributed by atoms with Gasteiger partial charge < -0.3 is 23.7 Å². The summed E-state index contributed by atoms with van der Waals surface area (Å²) in [4.78, 5) is 12.6. The predicted molar refractivity (Wildman–Crippen MR) is 121 cm³/mol. The van der Waals surface area contributed by atoms with Crippen LogP contribution in [0.5, 0.6) is 5.75 Å². The third-order valence-electron chi connectivity index (χ3n) is 7.03. The number of rotatable bonds is 8. The number of ether oxygens (including phenoxy) is 5. The molecular weight excluding hydrogens is 408 g/mol. The van der Waals surface area contributed by atoms with E-state index in [1.165, 1.54) is 11.6 Å². The highest BCUT2D eigenvalue weighted by molar-refractivity contribution is 5.87. The molecule has 0 aromatic heterocycles. The van der Waals surface area contributed by atoms with Crippen LogP contribution in [0.3, 0.4) is 0 Å². The van der Waals surface area contributed by atoms with Gasteiger partial charge in [0.1, 0.15) is 29.2 Å². The Morgan fingerprint density at radius 1 is 1.22 bits per heavy atom. The zero-order chi connectivity index (χ0) is 22.9. The van der Waals surface area contributed by atoms with Gasteiger partial charge in [-0.15, -0.1) is 0 Å². The molecule has 0 N–H and O–H groups in total. The fourth-order valence-electron chi connectivity index (χ4n) is 5.14. The van der Waals surface area contributed by atoms with Gasteiger partial charge in [0.05, 0.1) is 25.7 Å². The van der Waals surface area contributed by atoms with E-state index in [2.05, 4.69) is 26.8 Å². The van der Waals surface area contributed by atoms with E-state index in [0.717, 1.165) is 24.2 Å². The molecule has 1 aromatic rings. The number of benzene rings is 1. The molecule has 174 valence electrons. The molecule has 1 aliphatic carbocycles. The molecule has 2 heterocycles. The molecule has 3 aliphatic rings. The topological polar surface area (TPSA) is 69.8 Å². The van der Waals surface area contributed by atoms with E-state index in [9.17, 15) is 4.79 Å². The maximum atomic E-state index is 12.6. The van der Waals surface area contributed by atoms with Gasteiger partial charge in [0.25, 0.3) is 0 Å². The second-order valence-corrected chi connectivity index (χ2v) is 9.46. The predicted octanol–water partition coefficient (Wildman–Crippen LogP) is 4.33. The van der Waals surface area contributed by atoms with E-state index in [-0.39, 0.29) is 41.4 Å². The third-order valence-corrected chi connectivity index (χ3v) is 7.03. The number of epoxide rings is 2. The first-order valence-corrected chi connectivity index (χ1v) is 11.3. The molecule has 6 atom stereocenters. The van der Waals surface area contributed by atoms with E-state index >= 15 is 0 Å². The molecule has 0 bridgehead atoms. The van der Waals surface area contributed by atoms with Crippen LogP contribution in [0, 0.1) is 5.92 Å². The molecule has 2 saturated heterocycles. The van der Waals surface area contributed by atoms with Crippen molar-refractivity contribution in [2.45, 2.75) is 69.5 Å². The van der Waals surface area contributed by atoms with Gasteiger partial charge in [0.15, 0.2) is 0 Å². The quantitative estimate of drug-likeness (QED) is 0.258. The zero-order valence-corrected chi connectivity index (χ0v) is 19.6. The first-order valence-electron chi connectivity index (χ1n) is 11.3. The fraction of sp³-hybridized carbons (Fsp3) is 0.577. The lowest BCUT2D eigenvalue weighted by molar-refractivity contribution is -0.166. The lowest BCUT2D eigenvalue weighted by Gasteiger charge is -2.42. The monoisotopic (exact) mass is 442 g/mol. The number of carbonyl (C=O) groups excluding carboxylic acids is 1. The van der Waals surface area contributed by atoms with Crippen LogP contribution in [-0.2, 0) is 23.7 Å². The van der Waals surface area contributed by atoms with Crippen molar-refractivity contribution in [3.63, 3.8) is 0 Å². The minimum absolute atomic E-state index is 0.0210. The Labute approximate surface area is 190 Å². The standard InChI is InChI=1S/C26H34O6/c1-17(2)6-12-21-25(3,32-21)24-23(29-5)20(14-15-26(24)16-30-26)31-22(27)13-9-18-7-10-19(28-4)11-8-18/h6-11,13,20-21,23-24H,12,14-16H2,1-5H3/b13-9+/t20-,21+,23-,24-,25?,26+/m1/s1. The van der Waals surface area contributed by atoms with Crippen LogP contribution >= 0.6 is 0 Å². The molecule has 0 amide bonds. The van der Waals surface area contributed by atoms with Gasteiger partial charge in [-0.2, -0.15) is 0 Å². The molecule has 4 rings (SSSR count). The largest absolute Gasteiger partial charge is 0.497 e. The van der Waals surface area contributed by atoms with Crippen molar-refractivity contribution in [3.05, 3.63) is 47.6 Å². The summed E-state index contributed by atoms with van der Waals surface area (Å²) in [5, 5.41) is 0. The molecule has 32 heavy (non-hydrogen) atoms. The summed E-state index contributed by atoms with van der Waals surface area (Å²) >= 11 is 0. The van der Waals surface area contributed by atoms with Crippen molar-refractivity contribution in [2.75, 3.05) is 20.8 Å². The van der Waals surface area contributed by atoms with Gasteiger partial charge in [0.2, 0.25) is 0 Å². The van der Waals surface area contributed by atoms with Crippen molar-refractivity contribution < 1.29 is 28.5 Å². The minimum atomic E-state index is -0.373. The Kier molecular flexibility index (Phi) is 6.48. The summed E-state index contributed by atoms with van der Waals surface area (Å²) in [7, 11) is 3.31. The minimum Gasteiger partial charge on any atom is -0.497 e. The van der Waals surface area contributed by atoms with Crippen molar-refractivity contribution >= 4 is 12.0 Å². The van der Waals surface area contributed by atoms with E-state index in [1.807, 2.05) is 24.3 Å². The van der Waals surface area contributed by atoms with Crippen LogP contribution in [0.15, 0.2) is 42.0 Å². The number of hydrogen-bond donors (Lipinski definition) is 0. The molecular formula is C26H34O6. The summed E-state index contributed by atoms with van der Waals surface area (Å²) in [5.74, 6) is 0.422. The maximum Gasteiger partial charge on any atom is 0.331 e. The lowest BCUT2D eigenvalue weighted by Crippen LogP contribution is -2.55. The summed E-state index contributed by atoms with van der Waals surface area (Å²) < 4.78 is 29.1. The Morgan fingerprint density at radius 2 is 1.94 bits per heavy atom. The second kappa shape index (κ2) is 9.00. The normalized spacial score (nSPS) is 35.5. The highest BCUT2D eigenvalue weighted by Gasteiger charge is 2.72. The van der Waals surface area contributed by atoms with Crippen LogP contribution in [-0.4, -0.2) is 56.3 Å². The summed E-state index contributed by atoms with van der Waals surface area (Å²) in [6.07, 6.45) is 7.37. The summed E-state index contributed by atoms with van der Waals surface area (Å²) in [5.41, 5.74) is 1.62. The third kappa shape index (κ3) is 4.63. The number of hydrogen-bond acceptors (Lipinski definition) is 6. The van der Waals surface area contributed by atoms with Crippen LogP contribution in [0.25, 0.3) is 6.08 Å². The van der Waals surface area contributed by atoms with Gasteiger partial charge in [-0.25, -0.2) is 4.79 Å². The lowest BCUT2D eigenvalue weighted by atomic mass is 9.68. The highest BCUT2D eigenvalue weighted by atomic mass is 16.6. The van der Waals surface area contributed by atoms with Crippen LogP contribution < -0.4 is 4.74 Å². The van der Waals surface area contributed by atoms with Crippen molar-refractivity contribution in [1.82, 2.24) is 0 Å². The molecule has 2 aliphatic heterocycles. The van der Waals surface area contributed by atoms with Gasteiger partial charge in [-0.1, -0.05) is 23.8 Å². The molecule has 6 nitrogen and oxygen atoms in total. The molecule has 3 fully saturated rings. The second-order valence-electron chi connectivity index (χ2n) is 9.46. The van der Waals surface area contributed by atoms with Gasteiger partial charge in [-0.05, 0) is 63.8 Å². The first-order chi connectivity index (χ1) is 15.3. The highest BCUT2D eigenvalue weighted by Crippen LogP contribution is 2.59. The van der Waals surface area contributed by atoms with Crippen molar-refractivity contribution in [3.8, 4) is 5.75 Å². The smallest absolute Gasteiger partial charge is 0.331 e. The SMILES string of the molecule is COc1ccc(/C=C/C(=O)O[C@@H]2CC[C@]3(CO3)[C@@H](C3(C)O[C@H]3CC=C(C)C)[C@@H]2OC)cc1. The Hall–Kier alpha value is -2.15. The van der Waals surface area contributed by atoms with Crippen LogP contribution in [0.2, 0.25) is 0 Å². The van der Waals surface area contributed by atoms with Crippen LogP contribution in [0.4, 0.5) is 0 Å². The molecule has 1 unspecified atom stereocenters. The number of esters is 1. The Morgan fingerprint density at radius 3 is 2.53 bits per heavy atom. The summed E-state index contributed by atoms with van der Waals surface area (Å²) in [6.45, 7) is 7.05. The molecule has 0 radical (unpaired) electrons. The van der Waals surface area contributed by atoms with Crippen LogP contribution in [0.1, 0.15) is 45.6 Å². The van der Waals surface area contributed by atoms with E-state index in [0.29, 0.717) is 13.0 Å². The average Bonchev–Trinajstić information content (AvgIpc) is 3.69.